The van der Waals surface area contributed by atoms with Gasteiger partial charge in [-0.15, -0.1) is 0 Å². The molecule has 20 N–H and O–H groups in total. The Kier molecular flexibility index (Phi) is 29.3. The molecule has 0 saturated carbocycles. The number of halogens is 2. The molecule has 0 aromatic heterocycles. The van der Waals surface area contributed by atoms with E-state index in [4.69, 9.17) is 72.6 Å². The normalized spacial score (nSPS) is 26.6. The summed E-state index contributed by atoms with van der Waals surface area (Å²) in [7, 11) is 1.72. The lowest BCUT2D eigenvalue weighted by atomic mass is 9.84. The first-order valence-electron chi connectivity index (χ1n) is 39.2. The molecule has 11 bridgehead atoms. The summed E-state index contributed by atoms with van der Waals surface area (Å²) >= 11 is 14.4. The van der Waals surface area contributed by atoms with E-state index in [-0.39, 0.29) is 82.4 Å². The van der Waals surface area contributed by atoms with Crippen LogP contribution in [-0.2, 0) is 52.6 Å². The number of hydrogen-bond acceptors (Lipinski definition) is 28. The topological polar surface area (TPSA) is 546 Å². The summed E-state index contributed by atoms with van der Waals surface area (Å²) in [5.74, 6) is -19.5. The number of aliphatic carboxylic acids is 1. The molecule has 6 aromatic rings. The second-order valence-electron chi connectivity index (χ2n) is 31.0. The third-order valence-electron chi connectivity index (χ3n) is 21.5. The number of rotatable bonds is 22. The van der Waals surface area contributed by atoms with Crippen molar-refractivity contribution in [2.45, 2.75) is 190 Å². The highest BCUT2D eigenvalue weighted by molar-refractivity contribution is 6.32. The molecule has 2 fully saturated rings. The van der Waals surface area contributed by atoms with Crippen molar-refractivity contribution in [3.8, 4) is 68.6 Å². The van der Waals surface area contributed by atoms with E-state index in [0.29, 0.717) is 19.4 Å². The number of unbranched alkanes of at least 4 members (excludes halogenated alkanes) is 1. The van der Waals surface area contributed by atoms with Gasteiger partial charge in [-0.1, -0.05) is 75.5 Å². The number of amides is 7. The van der Waals surface area contributed by atoms with Crippen LogP contribution in [0.3, 0.4) is 0 Å². The first-order chi connectivity index (χ1) is 57.0. The third-order valence-corrected chi connectivity index (χ3v) is 22.1. The van der Waals surface area contributed by atoms with Gasteiger partial charge in [-0.3, -0.25) is 38.9 Å². The highest BCUT2D eigenvalue weighted by Crippen LogP contribution is 2.51. The maximum absolute atomic E-state index is 16.6. The molecular weight excluding hydrogens is 1610 g/mol. The van der Waals surface area contributed by atoms with Crippen molar-refractivity contribution in [1.82, 2.24) is 31.9 Å². The van der Waals surface area contributed by atoms with E-state index in [1.54, 1.807) is 20.0 Å². The number of carbonyl (C=O) groups excluding carboxylic acids is 8. The number of ketones is 2. The van der Waals surface area contributed by atoms with Crippen LogP contribution >= 0.6 is 23.2 Å². The van der Waals surface area contributed by atoms with Crippen molar-refractivity contribution >= 4 is 82.0 Å². The Morgan fingerprint density at radius 3 is 2.02 bits per heavy atom. The molecule has 18 atom stereocenters. The van der Waals surface area contributed by atoms with Crippen LogP contribution in [0.4, 0.5) is 10.5 Å². The van der Waals surface area contributed by atoms with Gasteiger partial charge >= 0.3 is 12.0 Å². The number of fused-ring (bicyclic) bond motifs is 15. The monoisotopic (exact) mass is 1710 g/mol. The van der Waals surface area contributed by atoms with Gasteiger partial charge in [0.15, 0.2) is 41.5 Å². The minimum atomic E-state index is -2.29. The molecule has 0 aliphatic carbocycles. The predicted octanol–water partition coefficient (Wildman–Crippen LogP) is 6.13. The number of imide groups is 1. The van der Waals surface area contributed by atoms with Gasteiger partial charge in [-0.05, 0) is 135 Å². The Labute approximate surface area is 698 Å². The lowest BCUT2D eigenvalue weighted by molar-refractivity contribution is -0.330. The smallest absolute Gasteiger partial charge is 0.330 e. The molecule has 0 unspecified atom stereocenters. The van der Waals surface area contributed by atoms with Gasteiger partial charge in [0.2, 0.25) is 41.6 Å². The van der Waals surface area contributed by atoms with E-state index >= 15 is 24.0 Å². The van der Waals surface area contributed by atoms with Crippen LogP contribution in [0.25, 0.3) is 11.1 Å². The SMILES string of the molecule is CCCCOc1ccc(OCCNC)cc1NC(=O)NC(=O)C[C@@H]1CC(=O)[C@H](NC(=O)[C@H](CC)CC(C)C)[C@H](O)c2ccc(c(Cl)c2)Oc2cc3cc(c2O[C@@H]2O[C@H](CN)[C@@H](O)[C@H](O)[C@H]2O[C@H]2C[C@](C)(N)[C@H](O)[C@H](C)O2)Oc2ccc(cc2Cl)[C@@H](O)[C@@H]2NC(=O)[C@H](CC(=O)[C@@H]3NC1=O)c1ccc(O)c(c1)-c1c(O)cc(O)cc1[C@@H](C(=O)O)NC2=O. The van der Waals surface area contributed by atoms with Gasteiger partial charge in [-0.2, -0.15) is 0 Å². The van der Waals surface area contributed by atoms with Gasteiger partial charge in [0.1, 0.15) is 95.5 Å². The predicted molar refractivity (Wildman–Crippen MR) is 429 cm³/mol. The zero-order chi connectivity index (χ0) is 87.0. The van der Waals surface area contributed by atoms with Crippen LogP contribution in [-0.4, -0.2) is 199 Å². The molecule has 2 saturated heterocycles. The van der Waals surface area contributed by atoms with Crippen molar-refractivity contribution in [2.75, 3.05) is 38.7 Å². The number of phenolic OH excluding ortho intramolecular Hbond substituents is 3. The molecule has 646 valence electrons. The fraction of sp³-hybridized carbons (Fsp3) is 0.458. The number of ether oxygens (including phenoxy) is 8. The molecule has 13 rings (SSSR count). The zero-order valence-electron chi connectivity index (χ0n) is 66.5. The number of aliphatic hydroxyl groups excluding tert-OH is 5. The molecule has 0 spiro atoms. The molecule has 120 heavy (non-hydrogen) atoms. The van der Waals surface area contributed by atoms with Crippen LogP contribution < -0.4 is 72.4 Å². The van der Waals surface area contributed by atoms with Crippen molar-refractivity contribution < 1.29 is 127 Å². The summed E-state index contributed by atoms with van der Waals surface area (Å²) in [6.45, 7) is 10.8. The first-order valence-corrected chi connectivity index (χ1v) is 39.9. The number of anilines is 1. The number of nitrogens with two attached hydrogens (primary N) is 2. The molecule has 37 heteroatoms. The van der Waals surface area contributed by atoms with Crippen LogP contribution in [0.5, 0.6) is 57.5 Å². The highest BCUT2D eigenvalue weighted by Gasteiger charge is 2.52. The van der Waals surface area contributed by atoms with E-state index in [1.807, 2.05) is 20.8 Å². The number of likely N-dealkylation sites (N-methyl/N-ethyl adjacent to an activating group) is 1. The van der Waals surface area contributed by atoms with Crippen molar-refractivity contribution in [3.05, 3.63) is 135 Å². The number of benzene rings is 6. The molecule has 35 nitrogen and oxygen atoms in total. The number of nitrogens with one attached hydrogen (secondary N) is 7. The van der Waals surface area contributed by atoms with E-state index in [9.17, 15) is 65.1 Å². The molecule has 6 aromatic carbocycles. The zero-order valence-corrected chi connectivity index (χ0v) is 68.0. The van der Waals surface area contributed by atoms with Gasteiger partial charge in [0.05, 0.1) is 46.4 Å². The Bertz CT molecular complexity index is 4840. The maximum atomic E-state index is 16.6. The van der Waals surface area contributed by atoms with Crippen molar-refractivity contribution in [3.63, 3.8) is 0 Å². The quantitative estimate of drug-likeness (QED) is 0.0340. The highest BCUT2D eigenvalue weighted by atomic mass is 35.5. The number of carboxylic acid groups (broad SMARTS) is 1. The number of aromatic hydroxyl groups is 3. The number of phenols is 3. The second kappa shape index (κ2) is 38.9. The number of urea groups is 1. The van der Waals surface area contributed by atoms with Gasteiger partial charge in [-0.25, -0.2) is 9.59 Å². The van der Waals surface area contributed by atoms with E-state index in [0.717, 1.165) is 61.0 Å². The summed E-state index contributed by atoms with van der Waals surface area (Å²) in [4.78, 5) is 137. The molecule has 0 radical (unpaired) electrons. The van der Waals surface area contributed by atoms with E-state index < -0.39 is 250 Å². The number of aliphatic hydroxyl groups is 5. The summed E-state index contributed by atoms with van der Waals surface area (Å²) in [5, 5.41) is 122. The minimum Gasteiger partial charge on any atom is -0.508 e. The standard InChI is InChI=1S/C83H99Cl2N9O26/c1-8-10-20-114-58-18-14-45(113-21-19-88-7)32-51(58)89-82(112)90-62(100)29-43-26-54(98)67(93-76(106)38(9-2)22-36(3)4)69(101)40-12-16-56(49(84)24-40)116-59-27-42-28-60(73(59)120-81-74(72(104)71(103)61(35-86)118-81)119-63-34-83(6,87)75(105)37(5)115-63)117-57-17-13-41(25-50(57)85)70(102)68-79(109)92-66(80(110)111)48-30-44(95)31-53(97)64(48)47-23-39(11-15-52(47)96)46(78(108)94-68)33-55(99)65(42)91-77(43)107/h11-18,23-25,27-28,30-32,36-38,43,46,61,63,65-72,74-75,81,88,95-97,101-105H,8-10,19-22,26,29,33-35,86-87H2,1-7H3,(H,91,107)(H,92,109)(H,93,106)(H,94,108)(H,110,111)(H2,89,90,100,112)/t37-,38+,43-,46+,61+,63-,65+,66-,67-,68-,69+,70+,71+,72-,74+,75+,81-,83-/m0/s1. The summed E-state index contributed by atoms with van der Waals surface area (Å²) in [6, 6.07) is 8.71. The average Bonchev–Trinajstić information content (AvgIpc) is 0.769. The second-order valence-corrected chi connectivity index (χ2v) is 31.8. The molecule has 7 heterocycles. The largest absolute Gasteiger partial charge is 0.508 e. The molecule has 7 aliphatic rings. The average molecular weight is 1710 g/mol. The minimum absolute atomic E-state index is 0.0321. The third kappa shape index (κ3) is 20.7. The van der Waals surface area contributed by atoms with Crippen LogP contribution in [0, 0.1) is 17.8 Å². The fourth-order valence-electron chi connectivity index (χ4n) is 15.0. The molecule has 7 aliphatic heterocycles. The Balaban J connectivity index is 1.15. The van der Waals surface area contributed by atoms with Gasteiger partial charge in [0.25, 0.3) is 0 Å². The molecule has 7 amide bonds. The first kappa shape index (κ1) is 90.3. The Hall–Kier alpha value is -10.5. The van der Waals surface area contributed by atoms with Crippen molar-refractivity contribution in [1.29, 1.82) is 0 Å². The van der Waals surface area contributed by atoms with E-state index in [1.165, 1.54) is 50.2 Å². The Morgan fingerprint density at radius 1 is 0.725 bits per heavy atom. The summed E-state index contributed by atoms with van der Waals surface area (Å²) < 4.78 is 51.1. The summed E-state index contributed by atoms with van der Waals surface area (Å²) in [5.41, 5.74) is 8.80. The number of carboxylic acids is 1. The molecular formula is C83H99Cl2N9O26. The number of hydrogen-bond donors (Lipinski definition) is 18. The lowest BCUT2D eigenvalue weighted by Crippen LogP contribution is -2.65. The van der Waals surface area contributed by atoms with E-state index in [2.05, 4.69) is 37.2 Å². The fourth-order valence-corrected chi connectivity index (χ4v) is 15.5. The van der Waals surface area contributed by atoms with Crippen molar-refractivity contribution in [2.24, 2.45) is 29.2 Å². The van der Waals surface area contributed by atoms with Crippen LogP contribution in [0.2, 0.25) is 10.0 Å². The number of carbonyl (C=O) groups is 9. The Morgan fingerprint density at radius 2 is 1.40 bits per heavy atom. The van der Waals surface area contributed by atoms with Gasteiger partial charge < -0.3 is 127 Å². The summed E-state index contributed by atoms with van der Waals surface area (Å²) in [6.07, 6.45) is -18.7. The van der Waals surface area contributed by atoms with Crippen LogP contribution in [0.15, 0.2) is 97.1 Å². The lowest BCUT2D eigenvalue weighted by Gasteiger charge is -2.47. The maximum Gasteiger partial charge on any atom is 0.330 e. The van der Waals surface area contributed by atoms with Gasteiger partial charge in [0, 0.05) is 79.1 Å². The number of Topliss-reactive ketones (excluding diaryl/α,β-unsaturated/α-hetero) is 2. The van der Waals surface area contributed by atoms with Crippen LogP contribution in [0.1, 0.15) is 151 Å².